The van der Waals surface area contributed by atoms with E-state index < -0.39 is 0 Å². The Balaban J connectivity index is 3.39. The van der Waals surface area contributed by atoms with E-state index in [2.05, 4.69) is 13.8 Å². The molecule has 0 aromatic heterocycles. The zero-order valence-corrected chi connectivity index (χ0v) is 16.2. The van der Waals surface area contributed by atoms with Gasteiger partial charge in [0.25, 0.3) is 0 Å². The first-order valence-electron chi connectivity index (χ1n) is 10.6. The van der Waals surface area contributed by atoms with Gasteiger partial charge in [0.15, 0.2) is 0 Å². The molecule has 0 saturated heterocycles. The van der Waals surface area contributed by atoms with Crippen LogP contribution in [0, 0.1) is 0 Å². The minimum atomic E-state index is 0.318. The Kier molecular flexibility index (Phi) is 19.9. The quantitative estimate of drug-likeness (QED) is 0.269. The first-order valence-corrected chi connectivity index (χ1v) is 10.6. The molecule has 1 atom stereocenters. The maximum atomic E-state index is 8.89. The summed E-state index contributed by atoms with van der Waals surface area (Å²) in [5.41, 5.74) is 0. The summed E-state index contributed by atoms with van der Waals surface area (Å²) in [6.07, 6.45) is 21.1. The fourth-order valence-electron chi connectivity index (χ4n) is 3.07. The Morgan fingerprint density at radius 2 is 1.13 bits per heavy atom. The molecule has 0 spiro atoms. The average Bonchev–Trinajstić information content (AvgIpc) is 2.57. The van der Waals surface area contributed by atoms with Crippen LogP contribution < -0.4 is 0 Å². The van der Waals surface area contributed by atoms with E-state index in [1.54, 1.807) is 0 Å². The highest BCUT2D eigenvalue weighted by molar-refractivity contribution is 4.59. The van der Waals surface area contributed by atoms with Gasteiger partial charge < -0.3 is 9.84 Å². The van der Waals surface area contributed by atoms with Crippen LogP contribution in [-0.4, -0.2) is 24.4 Å². The molecule has 0 radical (unpaired) electrons. The van der Waals surface area contributed by atoms with Crippen LogP contribution in [0.3, 0.4) is 0 Å². The Hall–Kier alpha value is -0.0800. The fraction of sp³-hybridized carbons (Fsp3) is 1.00. The molecule has 2 heteroatoms. The molecular formula is C21H44O2. The second-order valence-corrected chi connectivity index (χ2v) is 7.04. The van der Waals surface area contributed by atoms with Gasteiger partial charge in [0.1, 0.15) is 0 Å². The molecule has 0 bridgehead atoms. The number of ether oxygens (including phenoxy) is 1. The molecule has 0 aliphatic rings. The normalized spacial score (nSPS) is 12.7. The number of aliphatic hydroxyl groups is 1. The third kappa shape index (κ3) is 18.1. The molecule has 0 aromatic rings. The summed E-state index contributed by atoms with van der Waals surface area (Å²) in [6, 6.07) is 0. The summed E-state index contributed by atoms with van der Waals surface area (Å²) in [7, 11) is 0. The van der Waals surface area contributed by atoms with Gasteiger partial charge in [-0.15, -0.1) is 0 Å². The van der Waals surface area contributed by atoms with E-state index in [0.29, 0.717) is 12.7 Å². The summed E-state index contributed by atoms with van der Waals surface area (Å²) in [4.78, 5) is 0. The Bertz CT molecular complexity index is 206. The first kappa shape index (κ1) is 22.9. The second kappa shape index (κ2) is 20.0. The third-order valence-corrected chi connectivity index (χ3v) is 4.67. The van der Waals surface area contributed by atoms with Crippen molar-refractivity contribution in [2.45, 2.75) is 123 Å². The second-order valence-electron chi connectivity index (χ2n) is 7.04. The summed E-state index contributed by atoms with van der Waals surface area (Å²) >= 11 is 0. The van der Waals surface area contributed by atoms with Gasteiger partial charge in [0.05, 0.1) is 6.10 Å². The average molecular weight is 329 g/mol. The van der Waals surface area contributed by atoms with Crippen molar-refractivity contribution in [2.75, 3.05) is 13.2 Å². The lowest BCUT2D eigenvalue weighted by Crippen LogP contribution is -2.14. The number of unbranched alkanes of at least 4 members (excludes halogenated alkanes) is 11. The summed E-state index contributed by atoms with van der Waals surface area (Å²) < 4.78 is 6.08. The number of aliphatic hydroxyl groups excluding tert-OH is 1. The van der Waals surface area contributed by atoms with Crippen molar-refractivity contribution in [3.63, 3.8) is 0 Å². The van der Waals surface area contributed by atoms with Crippen molar-refractivity contribution in [1.29, 1.82) is 0 Å². The van der Waals surface area contributed by atoms with Crippen LogP contribution in [0.15, 0.2) is 0 Å². The zero-order chi connectivity index (χ0) is 17.0. The highest BCUT2D eigenvalue weighted by Gasteiger charge is 2.08. The van der Waals surface area contributed by atoms with Crippen LogP contribution >= 0.6 is 0 Å². The van der Waals surface area contributed by atoms with E-state index >= 15 is 0 Å². The van der Waals surface area contributed by atoms with Gasteiger partial charge in [-0.25, -0.2) is 0 Å². The summed E-state index contributed by atoms with van der Waals surface area (Å²) in [6.45, 7) is 5.78. The number of hydrogen-bond donors (Lipinski definition) is 1. The lowest BCUT2D eigenvalue weighted by molar-refractivity contribution is 0.0354. The highest BCUT2D eigenvalue weighted by Crippen LogP contribution is 2.14. The maximum Gasteiger partial charge on any atom is 0.0575 e. The van der Waals surface area contributed by atoms with Crippen molar-refractivity contribution < 1.29 is 9.84 Å². The van der Waals surface area contributed by atoms with E-state index in [9.17, 15) is 0 Å². The van der Waals surface area contributed by atoms with Crippen LogP contribution in [-0.2, 0) is 4.74 Å². The van der Waals surface area contributed by atoms with Gasteiger partial charge in [-0.3, -0.25) is 0 Å². The highest BCUT2D eigenvalue weighted by atomic mass is 16.5. The largest absolute Gasteiger partial charge is 0.396 e. The van der Waals surface area contributed by atoms with Gasteiger partial charge in [-0.1, -0.05) is 84.5 Å². The van der Waals surface area contributed by atoms with E-state index in [1.807, 2.05) is 0 Å². The monoisotopic (exact) mass is 328 g/mol. The fourth-order valence-corrected chi connectivity index (χ4v) is 3.07. The smallest absolute Gasteiger partial charge is 0.0575 e. The molecule has 23 heavy (non-hydrogen) atoms. The molecular weight excluding hydrogens is 284 g/mol. The van der Waals surface area contributed by atoms with Crippen molar-refractivity contribution >= 4 is 0 Å². The standard InChI is InChI=1S/C21H44O2/c1-3-5-7-8-9-10-11-12-13-16-20-23-21(17-6-4-2)18-14-15-19-22/h21-22H,3-20H2,1-2H3. The lowest BCUT2D eigenvalue weighted by atomic mass is 10.1. The molecule has 0 aliphatic carbocycles. The molecule has 1 N–H and O–H groups in total. The molecule has 0 fully saturated rings. The van der Waals surface area contributed by atoms with E-state index in [1.165, 1.54) is 83.5 Å². The topological polar surface area (TPSA) is 29.5 Å². The Morgan fingerprint density at radius 1 is 0.609 bits per heavy atom. The molecule has 0 saturated carbocycles. The van der Waals surface area contributed by atoms with Crippen molar-refractivity contribution in [3.05, 3.63) is 0 Å². The van der Waals surface area contributed by atoms with Gasteiger partial charge in [0.2, 0.25) is 0 Å². The molecule has 0 amide bonds. The molecule has 0 rings (SSSR count). The summed E-state index contributed by atoms with van der Waals surface area (Å²) in [5.74, 6) is 0. The predicted octanol–water partition coefficient (Wildman–Crippen LogP) is 6.65. The molecule has 2 nitrogen and oxygen atoms in total. The SMILES string of the molecule is CCCCCCCCCCCCOC(CCCC)CCCCO. The van der Waals surface area contributed by atoms with E-state index in [0.717, 1.165) is 25.9 Å². The number of rotatable bonds is 19. The predicted molar refractivity (Wildman–Crippen MR) is 102 cm³/mol. The molecule has 140 valence electrons. The zero-order valence-electron chi connectivity index (χ0n) is 16.2. The molecule has 1 unspecified atom stereocenters. The minimum Gasteiger partial charge on any atom is -0.396 e. The van der Waals surface area contributed by atoms with Crippen LogP contribution in [0.1, 0.15) is 117 Å². The Labute approximate surface area is 146 Å². The van der Waals surface area contributed by atoms with Crippen molar-refractivity contribution in [1.82, 2.24) is 0 Å². The van der Waals surface area contributed by atoms with Gasteiger partial charge in [-0.2, -0.15) is 0 Å². The van der Waals surface area contributed by atoms with E-state index in [-0.39, 0.29) is 0 Å². The molecule has 0 aliphatic heterocycles. The van der Waals surface area contributed by atoms with Crippen LogP contribution in [0.2, 0.25) is 0 Å². The van der Waals surface area contributed by atoms with Crippen LogP contribution in [0.25, 0.3) is 0 Å². The minimum absolute atomic E-state index is 0.318. The number of hydrogen-bond acceptors (Lipinski definition) is 2. The molecule has 0 heterocycles. The van der Waals surface area contributed by atoms with Gasteiger partial charge >= 0.3 is 0 Å². The Morgan fingerprint density at radius 3 is 1.70 bits per heavy atom. The third-order valence-electron chi connectivity index (χ3n) is 4.67. The van der Waals surface area contributed by atoms with Crippen molar-refractivity contribution in [2.24, 2.45) is 0 Å². The van der Waals surface area contributed by atoms with Crippen molar-refractivity contribution in [3.8, 4) is 0 Å². The lowest BCUT2D eigenvalue weighted by Gasteiger charge is -2.17. The van der Waals surface area contributed by atoms with Gasteiger partial charge in [-0.05, 0) is 32.1 Å². The first-order chi connectivity index (χ1) is 11.3. The van der Waals surface area contributed by atoms with E-state index in [4.69, 9.17) is 9.84 Å². The van der Waals surface area contributed by atoms with Gasteiger partial charge in [0, 0.05) is 13.2 Å². The maximum absolute atomic E-state index is 8.89. The summed E-state index contributed by atoms with van der Waals surface area (Å²) in [5, 5.41) is 8.89. The van der Waals surface area contributed by atoms with Crippen LogP contribution in [0.5, 0.6) is 0 Å². The molecule has 0 aromatic carbocycles. The van der Waals surface area contributed by atoms with Crippen LogP contribution in [0.4, 0.5) is 0 Å².